The number of hydrogen-bond donors (Lipinski definition) is 2. The summed E-state index contributed by atoms with van der Waals surface area (Å²) in [4.78, 5) is 35.5. The third-order valence-electron chi connectivity index (χ3n) is 9.09. The molecule has 244 valence electrons. The number of H-pyrrole nitrogens is 2. The Morgan fingerprint density at radius 1 is 0.717 bits per heavy atom. The minimum Gasteiger partial charge on any atom is -0.455 e. The first-order valence-corrected chi connectivity index (χ1v) is 15.4. The van der Waals surface area contributed by atoms with Crippen LogP contribution >= 0.6 is 0 Å². The van der Waals surface area contributed by atoms with Gasteiger partial charge in [-0.05, 0) is 49.9 Å². The molecule has 0 saturated carbocycles. The van der Waals surface area contributed by atoms with Crippen LogP contribution in [0.1, 0.15) is 37.8 Å². The van der Waals surface area contributed by atoms with Gasteiger partial charge in [-0.2, -0.15) is 0 Å². The van der Waals surface area contributed by atoms with E-state index in [0.29, 0.717) is 86.8 Å². The largest absolute Gasteiger partial charge is 0.455 e. The van der Waals surface area contributed by atoms with Crippen molar-refractivity contribution in [2.24, 2.45) is 0 Å². The minimum absolute atomic E-state index is 0.501. The van der Waals surface area contributed by atoms with E-state index in [1.165, 1.54) is 12.1 Å². The normalized spacial score (nSPS) is 22.5. The molecule has 46 heavy (non-hydrogen) atoms. The number of carbonyl (C=O) groups excluding carboxylic acids is 2. The van der Waals surface area contributed by atoms with Crippen molar-refractivity contribution in [2.75, 3.05) is 39.3 Å². The molecule has 0 spiro atoms. The Morgan fingerprint density at radius 2 is 1.11 bits per heavy atom. The smallest absolute Gasteiger partial charge is 0.331 e. The number of ether oxygens (including phenoxy) is 2. The van der Waals surface area contributed by atoms with Crippen LogP contribution in [-0.2, 0) is 31.9 Å². The number of aromatic amines is 2. The second-order valence-electron chi connectivity index (χ2n) is 12.9. The summed E-state index contributed by atoms with van der Waals surface area (Å²) < 4.78 is 66.0. The van der Waals surface area contributed by atoms with Gasteiger partial charge >= 0.3 is 11.9 Å². The number of hydrogen-bond acceptors (Lipinski definition) is 6. The Kier molecular flexibility index (Phi) is 8.68. The molecule has 0 aliphatic carbocycles. The van der Waals surface area contributed by atoms with Gasteiger partial charge in [-0.1, -0.05) is 0 Å². The van der Waals surface area contributed by atoms with Gasteiger partial charge in [-0.15, -0.1) is 0 Å². The van der Waals surface area contributed by atoms with Crippen LogP contribution in [0.4, 0.5) is 17.6 Å². The van der Waals surface area contributed by atoms with Gasteiger partial charge in [-0.25, -0.2) is 27.2 Å². The third-order valence-corrected chi connectivity index (χ3v) is 9.09. The first kappa shape index (κ1) is 31.8. The van der Waals surface area contributed by atoms with Crippen LogP contribution in [0.5, 0.6) is 0 Å². The summed E-state index contributed by atoms with van der Waals surface area (Å²) in [7, 11) is 0. The number of carbonyl (C=O) groups is 2. The van der Waals surface area contributed by atoms with E-state index in [4.69, 9.17) is 9.47 Å². The summed E-state index contributed by atoms with van der Waals surface area (Å²) in [6.07, 6.45) is 8.14. The molecular formula is C34H36F4N4O4. The third kappa shape index (κ3) is 6.97. The van der Waals surface area contributed by atoms with Crippen molar-refractivity contribution in [3.8, 4) is 0 Å². The van der Waals surface area contributed by atoms with Crippen LogP contribution in [0.3, 0.4) is 0 Å². The predicted octanol–water partition coefficient (Wildman–Crippen LogP) is 5.56. The first-order valence-electron chi connectivity index (χ1n) is 15.4. The lowest BCUT2D eigenvalue weighted by molar-refractivity contribution is -0.153. The average molecular weight is 641 g/mol. The van der Waals surface area contributed by atoms with E-state index in [1.54, 1.807) is 12.4 Å². The molecule has 6 rings (SSSR count). The van der Waals surface area contributed by atoms with Crippen LogP contribution in [0, 0.1) is 23.3 Å². The number of rotatable bonds is 10. The van der Waals surface area contributed by atoms with Crippen molar-refractivity contribution in [2.45, 2.75) is 50.7 Å². The number of nitrogens with zero attached hydrogens (tertiary/aromatic N) is 2. The van der Waals surface area contributed by atoms with Gasteiger partial charge < -0.3 is 19.4 Å². The highest BCUT2D eigenvalue weighted by Gasteiger charge is 2.38. The Balaban J connectivity index is 0.941. The molecule has 12 heteroatoms. The van der Waals surface area contributed by atoms with E-state index >= 15 is 0 Å². The molecule has 4 heterocycles. The molecule has 2 saturated heterocycles. The molecule has 2 fully saturated rings. The fourth-order valence-corrected chi connectivity index (χ4v) is 6.61. The maximum atomic E-state index is 13.7. The van der Waals surface area contributed by atoms with Gasteiger partial charge in [-0.3, -0.25) is 9.80 Å². The molecule has 2 unspecified atom stereocenters. The molecule has 0 bridgehead atoms. The van der Waals surface area contributed by atoms with Crippen molar-refractivity contribution >= 4 is 33.7 Å². The summed E-state index contributed by atoms with van der Waals surface area (Å²) in [5.74, 6) is -4.83. The predicted molar refractivity (Wildman–Crippen MR) is 164 cm³/mol. The van der Waals surface area contributed by atoms with Gasteiger partial charge in [0.15, 0.2) is 23.3 Å². The number of benzene rings is 2. The fraction of sp³-hybridized carbons (Fsp3) is 0.412. The van der Waals surface area contributed by atoms with Gasteiger partial charge in [0.1, 0.15) is 11.2 Å². The average Bonchev–Trinajstić information content (AvgIpc) is 3.77. The van der Waals surface area contributed by atoms with Crippen LogP contribution in [-0.4, -0.2) is 82.2 Å². The monoisotopic (exact) mass is 640 g/mol. The lowest BCUT2D eigenvalue weighted by Crippen LogP contribution is -2.36. The molecule has 0 radical (unpaired) electrons. The summed E-state index contributed by atoms with van der Waals surface area (Å²) in [6, 6.07) is 4.70. The van der Waals surface area contributed by atoms with E-state index < -0.39 is 46.4 Å². The zero-order valence-corrected chi connectivity index (χ0v) is 25.7. The summed E-state index contributed by atoms with van der Waals surface area (Å²) in [5, 5.41) is 1.29. The second-order valence-corrected chi connectivity index (χ2v) is 12.9. The molecule has 2 aliphatic heterocycles. The van der Waals surface area contributed by atoms with Crippen LogP contribution in [0.25, 0.3) is 21.8 Å². The molecule has 2 N–H and O–H groups in total. The number of nitrogens with one attached hydrogen (secondary N) is 2. The zero-order chi connectivity index (χ0) is 32.6. The molecule has 2 aromatic carbocycles. The van der Waals surface area contributed by atoms with Crippen LogP contribution in [0.15, 0.2) is 48.8 Å². The Labute approximate surface area is 263 Å². The highest BCUT2D eigenvalue weighted by atomic mass is 19.2. The number of esters is 2. The lowest BCUT2D eigenvalue weighted by atomic mass is 10.1. The van der Waals surface area contributed by atoms with Gasteiger partial charge in [0.2, 0.25) is 0 Å². The fourth-order valence-electron chi connectivity index (χ4n) is 6.61. The van der Waals surface area contributed by atoms with Crippen molar-refractivity contribution in [1.82, 2.24) is 19.8 Å². The number of aromatic nitrogens is 2. The van der Waals surface area contributed by atoms with E-state index in [1.807, 2.05) is 13.8 Å². The van der Waals surface area contributed by atoms with Crippen molar-refractivity contribution in [3.63, 3.8) is 0 Å². The SMILES string of the molecule is CC1(OC(=O)/C=C/C(=O)OC2(C)CCN(CCc3c[nH]c4cc(F)c(F)cc34)C2)CCN(CCc2c[nH]c3cc(F)c(F)cc23)C1. The highest BCUT2D eigenvalue weighted by Crippen LogP contribution is 2.29. The second kappa shape index (κ2) is 12.6. The number of fused-ring (bicyclic) bond motifs is 2. The highest BCUT2D eigenvalue weighted by molar-refractivity contribution is 5.92. The topological polar surface area (TPSA) is 90.7 Å². The molecule has 0 amide bonds. The quantitative estimate of drug-likeness (QED) is 0.134. The number of halogens is 4. The van der Waals surface area contributed by atoms with Gasteiger partial charge in [0.25, 0.3) is 0 Å². The molecule has 8 nitrogen and oxygen atoms in total. The van der Waals surface area contributed by atoms with Crippen molar-refractivity contribution < 1.29 is 36.6 Å². The number of likely N-dealkylation sites (tertiary alicyclic amines) is 2. The van der Waals surface area contributed by atoms with Gasteiger partial charge in [0, 0.05) is 111 Å². The Bertz CT molecular complexity index is 1690. The Hall–Kier alpha value is -4.16. The van der Waals surface area contributed by atoms with Crippen molar-refractivity contribution in [1.29, 1.82) is 0 Å². The minimum atomic E-state index is -0.894. The Morgan fingerprint density at radius 3 is 1.52 bits per heavy atom. The summed E-state index contributed by atoms with van der Waals surface area (Å²) >= 11 is 0. The van der Waals surface area contributed by atoms with E-state index in [2.05, 4.69) is 19.8 Å². The van der Waals surface area contributed by atoms with Gasteiger partial charge in [0.05, 0.1) is 0 Å². The maximum absolute atomic E-state index is 13.7. The molecular weight excluding hydrogens is 604 g/mol. The van der Waals surface area contributed by atoms with Crippen LogP contribution in [0.2, 0.25) is 0 Å². The van der Waals surface area contributed by atoms with Crippen molar-refractivity contribution in [3.05, 3.63) is 83.2 Å². The summed E-state index contributed by atoms with van der Waals surface area (Å²) in [5.41, 5.74) is 1.37. The summed E-state index contributed by atoms with van der Waals surface area (Å²) in [6.45, 7) is 7.40. The molecule has 4 aromatic rings. The van der Waals surface area contributed by atoms with E-state index in [0.717, 1.165) is 35.4 Å². The maximum Gasteiger partial charge on any atom is 0.331 e. The molecule has 2 aromatic heterocycles. The zero-order valence-electron chi connectivity index (χ0n) is 25.7. The molecule has 2 aliphatic rings. The van der Waals surface area contributed by atoms with E-state index in [9.17, 15) is 27.2 Å². The van der Waals surface area contributed by atoms with Crippen LogP contribution < -0.4 is 0 Å². The van der Waals surface area contributed by atoms with E-state index in [-0.39, 0.29) is 0 Å². The standard InChI is InChI=1S/C34H36F4N4O4/c1-33(7-11-41(19-33)9-5-21-17-39-29-15-27(37)25(35)13-23(21)29)45-31(43)3-4-32(44)46-34(2)8-12-42(20-34)10-6-22-18-40-30-16-28(38)26(36)14-24(22)30/h3-4,13-18,39-40H,5-12,19-20H2,1-2H3/b4-3+. The lowest BCUT2D eigenvalue weighted by Gasteiger charge is -2.25. The molecule has 2 atom stereocenters. The first-order chi connectivity index (χ1) is 21.9.